The molecule has 1 saturated heterocycles. The number of carbonyl (C=O) groups is 1. The number of nitrogens with zero attached hydrogens (tertiary/aromatic N) is 5. The van der Waals surface area contributed by atoms with Gasteiger partial charge in [0, 0.05) is 51.2 Å². The van der Waals surface area contributed by atoms with Gasteiger partial charge in [-0.05, 0) is 38.1 Å². The Balaban J connectivity index is 1.79. The summed E-state index contributed by atoms with van der Waals surface area (Å²) in [5, 5.41) is 23.7. The van der Waals surface area contributed by atoms with Crippen molar-refractivity contribution in [3.63, 3.8) is 0 Å². The number of aromatic nitrogens is 1. The van der Waals surface area contributed by atoms with Gasteiger partial charge in [-0.2, -0.15) is 10.5 Å². The average molecular weight is 480 g/mol. The smallest absolute Gasteiger partial charge is 0.270 e. The third-order valence-electron chi connectivity index (χ3n) is 5.71. The first-order chi connectivity index (χ1) is 16.5. The van der Waals surface area contributed by atoms with E-state index in [1.54, 1.807) is 19.2 Å². The number of nitrogens with one attached hydrogen (secondary N) is 2. The first-order valence-electron chi connectivity index (χ1n) is 11.2. The maximum absolute atomic E-state index is 12.9. The van der Waals surface area contributed by atoms with Crippen LogP contribution in [0.4, 0.5) is 5.69 Å². The van der Waals surface area contributed by atoms with E-state index in [9.17, 15) is 14.9 Å². The number of hydrogen-bond donors (Lipinski definition) is 2. The predicted molar refractivity (Wildman–Crippen MR) is 133 cm³/mol. The quantitative estimate of drug-likeness (QED) is 0.507. The number of likely N-dealkylation sites (N-methyl/N-ethyl adjacent to an activating group) is 1. The summed E-state index contributed by atoms with van der Waals surface area (Å²) in [4.78, 5) is 29.9. The van der Waals surface area contributed by atoms with Gasteiger partial charge in [-0.3, -0.25) is 14.2 Å². The molecule has 0 atom stereocenters. The molecule has 1 aromatic heterocycles. The van der Waals surface area contributed by atoms with Crippen LogP contribution in [0.2, 0.25) is 0 Å². The maximum atomic E-state index is 12.9. The molecule has 1 aliphatic heterocycles. The fourth-order valence-electron chi connectivity index (χ4n) is 3.72. The molecule has 0 bridgehead atoms. The van der Waals surface area contributed by atoms with Crippen LogP contribution in [0, 0.1) is 22.7 Å². The molecule has 0 unspecified atom stereocenters. The van der Waals surface area contributed by atoms with Crippen LogP contribution in [0.15, 0.2) is 29.1 Å². The average Bonchev–Trinajstić information content (AvgIpc) is 3.16. The second-order valence-electron chi connectivity index (χ2n) is 8.03. The summed E-state index contributed by atoms with van der Waals surface area (Å²) in [6.07, 6.45) is 2.56. The first kappa shape index (κ1) is 25.2. The standard InChI is InChI=1S/C24H29N7O2S/c1-3-31-23(33)21(34-24(31)20(16-26)22(32)27-9-8-25)17-28-19-6-4-5-18(15-19)7-10-30-13-11-29(2)12-14-30/h4-6,15,17,28H,3,7,9-14H2,1-2H3,(H,27,32). The van der Waals surface area contributed by atoms with Gasteiger partial charge in [-0.25, -0.2) is 0 Å². The van der Waals surface area contributed by atoms with Gasteiger partial charge < -0.3 is 20.4 Å². The van der Waals surface area contributed by atoms with E-state index in [4.69, 9.17) is 5.26 Å². The van der Waals surface area contributed by atoms with Crippen molar-refractivity contribution in [2.45, 2.75) is 19.9 Å². The van der Waals surface area contributed by atoms with Gasteiger partial charge in [-0.1, -0.05) is 12.1 Å². The minimum absolute atomic E-state index is 0.176. The Morgan fingerprint density at radius 3 is 2.68 bits per heavy atom. The highest BCUT2D eigenvalue weighted by atomic mass is 32.1. The predicted octanol–water partition coefficient (Wildman–Crippen LogP) is -0.116. The van der Waals surface area contributed by atoms with Crippen molar-refractivity contribution in [1.29, 1.82) is 10.5 Å². The first-order valence-corrected chi connectivity index (χ1v) is 12.0. The molecule has 3 rings (SSSR count). The molecular weight excluding hydrogens is 450 g/mol. The zero-order valence-corrected chi connectivity index (χ0v) is 20.3. The highest BCUT2D eigenvalue weighted by molar-refractivity contribution is 7.07. The second-order valence-corrected chi connectivity index (χ2v) is 9.06. The van der Waals surface area contributed by atoms with Gasteiger partial charge in [0.15, 0.2) is 5.57 Å². The molecule has 2 aromatic rings. The maximum Gasteiger partial charge on any atom is 0.270 e. The highest BCUT2D eigenvalue weighted by Gasteiger charge is 2.15. The SMILES string of the molecule is CCn1c(=C(C#N)C(=O)NCC#N)sc(=CNc2cccc(CCN3CCN(C)CC3)c2)c1=O. The topological polar surface area (TPSA) is 117 Å². The summed E-state index contributed by atoms with van der Waals surface area (Å²) in [5.74, 6) is -0.667. The Hall–Kier alpha value is -3.44. The molecule has 1 fully saturated rings. The van der Waals surface area contributed by atoms with Crippen molar-refractivity contribution in [3.05, 3.63) is 49.4 Å². The van der Waals surface area contributed by atoms with Gasteiger partial charge in [0.05, 0.1) is 6.07 Å². The van der Waals surface area contributed by atoms with E-state index >= 15 is 0 Å². The van der Waals surface area contributed by atoms with Gasteiger partial charge in [0.2, 0.25) is 0 Å². The van der Waals surface area contributed by atoms with Crippen molar-refractivity contribution in [2.75, 3.05) is 51.6 Å². The number of anilines is 1. The van der Waals surface area contributed by atoms with Crippen molar-refractivity contribution in [1.82, 2.24) is 19.7 Å². The number of carbonyl (C=O) groups excluding carboxylic acids is 1. The van der Waals surface area contributed by atoms with E-state index in [1.165, 1.54) is 10.1 Å². The molecule has 1 aromatic carbocycles. The summed E-state index contributed by atoms with van der Waals surface area (Å²) >= 11 is 1.08. The van der Waals surface area contributed by atoms with Crippen LogP contribution in [-0.2, 0) is 17.8 Å². The molecular formula is C24H29N7O2S. The van der Waals surface area contributed by atoms with E-state index in [2.05, 4.69) is 39.6 Å². The van der Waals surface area contributed by atoms with Gasteiger partial charge in [0.1, 0.15) is 21.8 Å². The monoisotopic (exact) mass is 479 g/mol. The van der Waals surface area contributed by atoms with E-state index in [0.717, 1.165) is 56.2 Å². The van der Waals surface area contributed by atoms with Crippen molar-refractivity contribution in [3.8, 4) is 12.1 Å². The normalized spacial score (nSPS) is 15.9. The third-order valence-corrected chi connectivity index (χ3v) is 6.84. The van der Waals surface area contributed by atoms with Crippen LogP contribution < -0.4 is 25.4 Å². The van der Waals surface area contributed by atoms with Crippen LogP contribution >= 0.6 is 11.3 Å². The van der Waals surface area contributed by atoms with Crippen LogP contribution in [-0.4, -0.2) is 66.6 Å². The highest BCUT2D eigenvalue weighted by Crippen LogP contribution is 2.12. The second kappa shape index (κ2) is 12.1. The van der Waals surface area contributed by atoms with Crippen molar-refractivity contribution >= 4 is 34.7 Å². The molecule has 0 spiro atoms. The lowest BCUT2D eigenvalue weighted by molar-refractivity contribution is -0.115. The third kappa shape index (κ3) is 6.33. The van der Waals surface area contributed by atoms with Crippen LogP contribution in [0.1, 0.15) is 12.5 Å². The summed E-state index contributed by atoms with van der Waals surface area (Å²) in [5.41, 5.74) is 1.63. The lowest BCUT2D eigenvalue weighted by Crippen LogP contribution is -2.45. The number of amides is 1. The van der Waals surface area contributed by atoms with E-state index in [1.807, 2.05) is 18.2 Å². The number of piperazine rings is 1. The molecule has 178 valence electrons. The Kier molecular flexibility index (Phi) is 9.00. The van der Waals surface area contributed by atoms with Gasteiger partial charge in [-0.15, -0.1) is 11.3 Å². The molecule has 2 N–H and O–H groups in total. The van der Waals surface area contributed by atoms with Crippen LogP contribution in [0.25, 0.3) is 11.8 Å². The number of rotatable bonds is 8. The lowest BCUT2D eigenvalue weighted by atomic mass is 10.1. The molecule has 0 aliphatic carbocycles. The largest absolute Gasteiger partial charge is 0.360 e. The minimum atomic E-state index is -0.667. The molecule has 1 amide bonds. The zero-order valence-electron chi connectivity index (χ0n) is 19.5. The minimum Gasteiger partial charge on any atom is -0.360 e. The number of nitriles is 2. The van der Waals surface area contributed by atoms with Crippen LogP contribution in [0.5, 0.6) is 0 Å². The fraction of sp³-hybridized carbons (Fsp3) is 0.417. The molecule has 1 aliphatic rings. The zero-order chi connectivity index (χ0) is 24.5. The van der Waals surface area contributed by atoms with Crippen molar-refractivity contribution < 1.29 is 4.79 Å². The number of hydrogen-bond acceptors (Lipinski definition) is 8. The van der Waals surface area contributed by atoms with Crippen molar-refractivity contribution in [2.24, 2.45) is 0 Å². The molecule has 10 heteroatoms. The molecule has 9 nitrogen and oxygen atoms in total. The van der Waals surface area contributed by atoms with Gasteiger partial charge in [0.25, 0.3) is 11.5 Å². The Bertz CT molecular complexity index is 1270. The molecule has 0 saturated carbocycles. The Labute approximate surface area is 202 Å². The Morgan fingerprint density at radius 1 is 1.24 bits per heavy atom. The van der Waals surface area contributed by atoms with E-state index in [0.29, 0.717) is 11.1 Å². The summed E-state index contributed by atoms with van der Waals surface area (Å²) < 4.78 is 2.06. The molecule has 2 heterocycles. The lowest BCUT2D eigenvalue weighted by Gasteiger charge is -2.32. The molecule has 34 heavy (non-hydrogen) atoms. The van der Waals surface area contributed by atoms with E-state index < -0.39 is 5.91 Å². The van der Waals surface area contributed by atoms with Gasteiger partial charge >= 0.3 is 0 Å². The summed E-state index contributed by atoms with van der Waals surface area (Å²) in [6.45, 7) is 7.26. The number of thiazole rings is 1. The fourth-order valence-corrected chi connectivity index (χ4v) is 4.81. The van der Waals surface area contributed by atoms with E-state index in [-0.39, 0.29) is 22.3 Å². The molecule has 0 radical (unpaired) electrons. The summed E-state index contributed by atoms with van der Waals surface area (Å²) in [6, 6.07) is 11.8. The summed E-state index contributed by atoms with van der Waals surface area (Å²) in [7, 11) is 2.15. The van der Waals surface area contributed by atoms with Crippen LogP contribution in [0.3, 0.4) is 0 Å². The Morgan fingerprint density at radius 2 is 2.00 bits per heavy atom. The number of benzene rings is 1.